The standard InChI is InChI=1S/C24H26N4O2S/c1-18-22(13-14-30-18)23-25-26-24(28(23)20-11-7-4-8-12-20)31-17-21(29)16-27(2)15-19-9-5-3-6-10-19/h3-14,21,29H,15-17H2,1-2H3. The van der Waals surface area contributed by atoms with E-state index in [1.54, 1.807) is 6.26 Å². The Bertz CT molecular complexity index is 1100. The third-order valence-corrected chi connectivity index (χ3v) is 6.04. The van der Waals surface area contributed by atoms with E-state index in [9.17, 15) is 5.11 Å². The second-order valence-electron chi connectivity index (χ2n) is 7.51. The third kappa shape index (κ3) is 5.25. The zero-order chi connectivity index (χ0) is 21.6. The number of aryl methyl sites for hydroxylation is 1. The van der Waals surface area contributed by atoms with Crippen molar-refractivity contribution in [1.29, 1.82) is 0 Å². The van der Waals surface area contributed by atoms with Crippen molar-refractivity contribution in [1.82, 2.24) is 19.7 Å². The summed E-state index contributed by atoms with van der Waals surface area (Å²) < 4.78 is 7.49. The number of nitrogens with zero attached hydrogens (tertiary/aromatic N) is 4. The van der Waals surface area contributed by atoms with Crippen LogP contribution in [0.3, 0.4) is 0 Å². The van der Waals surface area contributed by atoms with Crippen molar-refractivity contribution < 1.29 is 9.52 Å². The second kappa shape index (κ2) is 9.96. The van der Waals surface area contributed by atoms with Gasteiger partial charge >= 0.3 is 0 Å². The predicted octanol–water partition coefficient (Wildman–Crippen LogP) is 4.42. The fraction of sp³-hybridized carbons (Fsp3) is 0.250. The number of hydrogen-bond acceptors (Lipinski definition) is 6. The molecule has 0 saturated heterocycles. The van der Waals surface area contributed by atoms with E-state index in [0.29, 0.717) is 12.3 Å². The minimum atomic E-state index is -0.487. The number of rotatable bonds is 9. The number of aliphatic hydroxyl groups excluding tert-OH is 1. The van der Waals surface area contributed by atoms with Crippen molar-refractivity contribution in [3.05, 3.63) is 84.3 Å². The number of aliphatic hydroxyl groups is 1. The first-order valence-corrected chi connectivity index (χ1v) is 11.2. The Morgan fingerprint density at radius 3 is 2.42 bits per heavy atom. The van der Waals surface area contributed by atoms with Crippen molar-refractivity contribution in [2.24, 2.45) is 0 Å². The molecule has 0 spiro atoms. The quantitative estimate of drug-likeness (QED) is 0.393. The SMILES string of the molecule is Cc1occc1-c1nnc(SCC(O)CN(C)Cc2ccccc2)n1-c1ccccc1. The maximum Gasteiger partial charge on any atom is 0.196 e. The molecule has 160 valence electrons. The number of hydrogen-bond donors (Lipinski definition) is 1. The topological polar surface area (TPSA) is 67.3 Å². The third-order valence-electron chi connectivity index (χ3n) is 4.97. The molecule has 0 bridgehead atoms. The van der Waals surface area contributed by atoms with Crippen LogP contribution in [0, 0.1) is 6.92 Å². The van der Waals surface area contributed by atoms with Crippen molar-refractivity contribution in [3.63, 3.8) is 0 Å². The molecule has 0 fully saturated rings. The van der Waals surface area contributed by atoms with E-state index in [0.717, 1.165) is 34.5 Å². The Morgan fingerprint density at radius 2 is 1.74 bits per heavy atom. The molecule has 4 rings (SSSR count). The largest absolute Gasteiger partial charge is 0.469 e. The number of benzene rings is 2. The van der Waals surface area contributed by atoms with Crippen molar-refractivity contribution >= 4 is 11.8 Å². The van der Waals surface area contributed by atoms with E-state index in [-0.39, 0.29) is 0 Å². The van der Waals surface area contributed by atoms with Crippen molar-refractivity contribution in [3.8, 4) is 17.1 Å². The summed E-state index contributed by atoms with van der Waals surface area (Å²) in [6, 6.07) is 22.2. The first kappa shape index (κ1) is 21.4. The molecule has 0 aliphatic heterocycles. The highest BCUT2D eigenvalue weighted by Gasteiger charge is 2.20. The van der Waals surface area contributed by atoms with Gasteiger partial charge in [-0.05, 0) is 37.7 Å². The summed E-state index contributed by atoms with van der Waals surface area (Å²) in [5.41, 5.74) is 3.11. The second-order valence-corrected chi connectivity index (χ2v) is 8.50. The molecular weight excluding hydrogens is 408 g/mol. The zero-order valence-electron chi connectivity index (χ0n) is 17.7. The molecule has 2 aromatic carbocycles. The number of para-hydroxylation sites is 1. The molecule has 31 heavy (non-hydrogen) atoms. The molecule has 0 amide bonds. The van der Waals surface area contributed by atoms with Crippen LogP contribution in [0.5, 0.6) is 0 Å². The lowest BCUT2D eigenvalue weighted by molar-refractivity contribution is 0.142. The highest BCUT2D eigenvalue weighted by atomic mass is 32.2. The Morgan fingerprint density at radius 1 is 1.03 bits per heavy atom. The molecule has 1 N–H and O–H groups in total. The average Bonchev–Trinajstić information content (AvgIpc) is 3.39. The van der Waals surface area contributed by atoms with Crippen LogP contribution in [0.4, 0.5) is 0 Å². The molecule has 0 aliphatic carbocycles. The molecule has 2 aromatic heterocycles. The van der Waals surface area contributed by atoms with Crippen LogP contribution in [0.1, 0.15) is 11.3 Å². The Labute approximate surface area is 186 Å². The van der Waals surface area contributed by atoms with Gasteiger partial charge in [-0.3, -0.25) is 9.47 Å². The molecule has 1 unspecified atom stereocenters. The monoisotopic (exact) mass is 434 g/mol. The van der Waals surface area contributed by atoms with E-state index in [2.05, 4.69) is 27.2 Å². The molecule has 2 heterocycles. The van der Waals surface area contributed by atoms with Gasteiger partial charge in [-0.2, -0.15) is 0 Å². The molecule has 0 radical (unpaired) electrons. The summed E-state index contributed by atoms with van der Waals surface area (Å²) >= 11 is 1.50. The van der Waals surface area contributed by atoms with Gasteiger partial charge < -0.3 is 9.52 Å². The van der Waals surface area contributed by atoms with Gasteiger partial charge in [-0.25, -0.2) is 0 Å². The molecule has 4 aromatic rings. The molecule has 6 nitrogen and oxygen atoms in total. The average molecular weight is 435 g/mol. The highest BCUT2D eigenvalue weighted by molar-refractivity contribution is 7.99. The van der Waals surface area contributed by atoms with E-state index >= 15 is 0 Å². The van der Waals surface area contributed by atoms with Gasteiger partial charge in [-0.1, -0.05) is 60.3 Å². The summed E-state index contributed by atoms with van der Waals surface area (Å²) in [5.74, 6) is 2.05. The number of furan rings is 1. The summed E-state index contributed by atoms with van der Waals surface area (Å²) in [6.45, 7) is 3.29. The Kier molecular flexibility index (Phi) is 6.86. The van der Waals surface area contributed by atoms with Gasteiger partial charge in [0.15, 0.2) is 11.0 Å². The minimum absolute atomic E-state index is 0.487. The van der Waals surface area contributed by atoms with Crippen LogP contribution in [-0.2, 0) is 6.54 Å². The number of thioether (sulfide) groups is 1. The number of likely N-dealkylation sites (N-methyl/N-ethyl adjacent to an activating group) is 1. The van der Waals surface area contributed by atoms with Crippen molar-refractivity contribution in [2.45, 2.75) is 24.7 Å². The molecular formula is C24H26N4O2S. The van der Waals surface area contributed by atoms with Gasteiger partial charge in [0.2, 0.25) is 0 Å². The predicted molar refractivity (Wildman–Crippen MR) is 123 cm³/mol. The summed E-state index contributed by atoms with van der Waals surface area (Å²) in [4.78, 5) is 2.13. The van der Waals surface area contributed by atoms with E-state index < -0.39 is 6.10 Å². The van der Waals surface area contributed by atoms with Gasteiger partial charge in [0.05, 0.1) is 17.9 Å². The molecule has 7 heteroatoms. The van der Waals surface area contributed by atoms with Crippen LogP contribution in [0.15, 0.2) is 82.6 Å². The lowest BCUT2D eigenvalue weighted by atomic mass is 10.2. The van der Waals surface area contributed by atoms with Crippen LogP contribution >= 0.6 is 11.8 Å². The molecule has 0 saturated carbocycles. The minimum Gasteiger partial charge on any atom is -0.469 e. The van der Waals surface area contributed by atoms with E-state index in [4.69, 9.17) is 4.42 Å². The Balaban J connectivity index is 1.47. The maximum atomic E-state index is 10.6. The fourth-order valence-electron chi connectivity index (χ4n) is 3.51. The van der Waals surface area contributed by atoms with Gasteiger partial charge in [0.1, 0.15) is 5.76 Å². The van der Waals surface area contributed by atoms with Crippen LogP contribution in [-0.4, -0.2) is 50.2 Å². The number of aromatic nitrogens is 3. The summed E-state index contributed by atoms with van der Waals surface area (Å²) in [5, 5.41) is 20.2. The molecule has 1 atom stereocenters. The first-order chi connectivity index (χ1) is 15.1. The Hall–Kier alpha value is -2.87. The maximum absolute atomic E-state index is 10.6. The lowest BCUT2D eigenvalue weighted by Crippen LogP contribution is -2.30. The van der Waals surface area contributed by atoms with Gasteiger partial charge in [0, 0.05) is 24.5 Å². The summed E-state index contributed by atoms with van der Waals surface area (Å²) in [6.07, 6.45) is 1.17. The normalized spacial score (nSPS) is 12.4. The van der Waals surface area contributed by atoms with Crippen molar-refractivity contribution in [2.75, 3.05) is 19.3 Å². The fourth-order valence-corrected chi connectivity index (χ4v) is 4.37. The molecule has 0 aliphatic rings. The van der Waals surface area contributed by atoms with Crippen LogP contribution in [0.25, 0.3) is 17.1 Å². The van der Waals surface area contributed by atoms with E-state index in [1.807, 2.05) is 73.1 Å². The highest BCUT2D eigenvalue weighted by Crippen LogP contribution is 2.30. The first-order valence-electron chi connectivity index (χ1n) is 10.2. The van der Waals surface area contributed by atoms with Gasteiger partial charge in [0.25, 0.3) is 0 Å². The summed E-state index contributed by atoms with van der Waals surface area (Å²) in [7, 11) is 2.02. The van der Waals surface area contributed by atoms with Crippen LogP contribution in [0.2, 0.25) is 0 Å². The van der Waals surface area contributed by atoms with Gasteiger partial charge in [-0.15, -0.1) is 10.2 Å². The smallest absolute Gasteiger partial charge is 0.196 e. The van der Waals surface area contributed by atoms with E-state index in [1.165, 1.54) is 17.3 Å². The van der Waals surface area contributed by atoms with Crippen LogP contribution < -0.4 is 0 Å². The lowest BCUT2D eigenvalue weighted by Gasteiger charge is -2.20. The zero-order valence-corrected chi connectivity index (χ0v) is 18.5.